The lowest BCUT2D eigenvalue weighted by molar-refractivity contribution is -0.385. The minimum atomic E-state index is -0.683. The summed E-state index contributed by atoms with van der Waals surface area (Å²) in [6.07, 6.45) is 1.37. The number of rotatable bonds is 6. The highest BCUT2D eigenvalue weighted by Gasteiger charge is 2.18. The number of halogens is 1. The Kier molecular flexibility index (Phi) is 5.68. The SMILES string of the molecule is O=[N+]([O-])c1cc(Cl)cc(C=NN(Cc2ccccc2)c2ccccc2)c1O. The van der Waals surface area contributed by atoms with Crippen molar-refractivity contribution in [2.75, 3.05) is 5.01 Å². The molecule has 0 unspecified atom stereocenters. The molecule has 0 bridgehead atoms. The van der Waals surface area contributed by atoms with Gasteiger partial charge in [0.05, 0.1) is 23.4 Å². The third kappa shape index (κ3) is 4.62. The fraction of sp³-hybridized carbons (Fsp3) is 0.0500. The van der Waals surface area contributed by atoms with Crippen LogP contribution in [0.15, 0.2) is 77.9 Å². The van der Waals surface area contributed by atoms with Crippen LogP contribution < -0.4 is 5.01 Å². The Morgan fingerprint density at radius 3 is 2.33 bits per heavy atom. The standard InChI is InChI=1S/C20H16ClN3O3/c21-17-11-16(20(25)19(12-17)24(26)27)13-22-23(18-9-5-2-6-10-18)14-15-7-3-1-4-8-15/h1-13,25H,14H2. The van der Waals surface area contributed by atoms with Crippen LogP contribution in [0.1, 0.15) is 11.1 Å². The maximum Gasteiger partial charge on any atom is 0.312 e. The number of nitro groups is 1. The van der Waals surface area contributed by atoms with Gasteiger partial charge in [-0.15, -0.1) is 0 Å². The van der Waals surface area contributed by atoms with E-state index in [9.17, 15) is 15.2 Å². The van der Waals surface area contributed by atoms with Gasteiger partial charge >= 0.3 is 5.69 Å². The van der Waals surface area contributed by atoms with Gasteiger partial charge < -0.3 is 5.11 Å². The van der Waals surface area contributed by atoms with E-state index in [-0.39, 0.29) is 10.6 Å². The van der Waals surface area contributed by atoms with Crippen molar-refractivity contribution in [3.8, 4) is 5.75 Å². The van der Waals surface area contributed by atoms with Crippen LogP contribution in [0.25, 0.3) is 0 Å². The Balaban J connectivity index is 1.96. The number of phenols is 1. The maximum atomic E-state index is 11.1. The molecule has 0 heterocycles. The number of phenolic OH excluding ortho intramolecular Hbond substituents is 1. The van der Waals surface area contributed by atoms with Crippen molar-refractivity contribution >= 4 is 29.2 Å². The number of hydrogen-bond donors (Lipinski definition) is 1. The molecule has 0 aromatic heterocycles. The van der Waals surface area contributed by atoms with Gasteiger partial charge in [-0.25, -0.2) is 0 Å². The van der Waals surface area contributed by atoms with Crippen LogP contribution in [0.3, 0.4) is 0 Å². The second kappa shape index (κ2) is 8.33. The van der Waals surface area contributed by atoms with E-state index in [0.717, 1.165) is 17.3 Å². The molecule has 136 valence electrons. The molecule has 0 aliphatic heterocycles. The molecule has 0 fully saturated rings. The Morgan fingerprint density at radius 2 is 1.70 bits per heavy atom. The van der Waals surface area contributed by atoms with E-state index in [2.05, 4.69) is 5.10 Å². The summed E-state index contributed by atoms with van der Waals surface area (Å²) in [6, 6.07) is 21.8. The van der Waals surface area contributed by atoms with Gasteiger partial charge in [-0.1, -0.05) is 60.1 Å². The van der Waals surface area contributed by atoms with Crippen molar-refractivity contribution in [1.82, 2.24) is 0 Å². The molecule has 6 nitrogen and oxygen atoms in total. The largest absolute Gasteiger partial charge is 0.502 e. The van der Waals surface area contributed by atoms with Gasteiger partial charge in [-0.05, 0) is 23.8 Å². The average molecular weight is 382 g/mol. The molecule has 3 aromatic carbocycles. The first-order valence-electron chi connectivity index (χ1n) is 8.12. The zero-order chi connectivity index (χ0) is 19.2. The van der Waals surface area contributed by atoms with Crippen molar-refractivity contribution in [2.45, 2.75) is 6.54 Å². The predicted octanol–water partition coefficient (Wildman–Crippen LogP) is 4.99. The zero-order valence-corrected chi connectivity index (χ0v) is 15.0. The number of anilines is 1. The molecule has 0 amide bonds. The average Bonchev–Trinajstić information content (AvgIpc) is 2.68. The van der Waals surface area contributed by atoms with Crippen molar-refractivity contribution in [3.05, 3.63) is 99.1 Å². The predicted molar refractivity (Wildman–Crippen MR) is 106 cm³/mol. The van der Waals surface area contributed by atoms with E-state index in [4.69, 9.17) is 11.6 Å². The van der Waals surface area contributed by atoms with Gasteiger partial charge in [0.1, 0.15) is 0 Å². The van der Waals surface area contributed by atoms with Crippen LogP contribution >= 0.6 is 11.6 Å². The van der Waals surface area contributed by atoms with Crippen LogP contribution in [-0.2, 0) is 6.54 Å². The molecule has 0 atom stereocenters. The van der Waals surface area contributed by atoms with Crippen LogP contribution in [-0.4, -0.2) is 16.2 Å². The van der Waals surface area contributed by atoms with Gasteiger partial charge in [-0.2, -0.15) is 5.10 Å². The summed E-state index contributed by atoms with van der Waals surface area (Å²) >= 11 is 5.94. The fourth-order valence-electron chi connectivity index (χ4n) is 2.53. The van der Waals surface area contributed by atoms with Gasteiger partial charge in [0.2, 0.25) is 5.75 Å². The number of aromatic hydroxyl groups is 1. The monoisotopic (exact) mass is 381 g/mol. The third-order valence-corrected chi connectivity index (χ3v) is 4.06. The summed E-state index contributed by atoms with van der Waals surface area (Å²) < 4.78 is 0. The Morgan fingerprint density at radius 1 is 1.07 bits per heavy atom. The van der Waals surface area contributed by atoms with Crippen molar-refractivity contribution in [1.29, 1.82) is 0 Å². The van der Waals surface area contributed by atoms with Gasteiger partial charge in [0.25, 0.3) is 0 Å². The summed E-state index contributed by atoms with van der Waals surface area (Å²) in [4.78, 5) is 10.4. The number of nitrogens with zero attached hydrogens (tertiary/aromatic N) is 3. The highest BCUT2D eigenvalue weighted by molar-refractivity contribution is 6.31. The summed E-state index contributed by atoms with van der Waals surface area (Å²) in [6.45, 7) is 0.491. The maximum absolute atomic E-state index is 11.1. The van der Waals surface area contributed by atoms with E-state index in [1.54, 1.807) is 5.01 Å². The lowest BCUT2D eigenvalue weighted by Gasteiger charge is -2.19. The molecular formula is C20H16ClN3O3. The first-order chi connectivity index (χ1) is 13.0. The van der Waals surface area contributed by atoms with Crippen molar-refractivity contribution < 1.29 is 10.0 Å². The summed E-state index contributed by atoms with van der Waals surface area (Å²) in [7, 11) is 0. The molecular weight excluding hydrogens is 366 g/mol. The first kappa shape index (κ1) is 18.4. The first-order valence-corrected chi connectivity index (χ1v) is 8.50. The summed E-state index contributed by atoms with van der Waals surface area (Å²) in [5, 5.41) is 27.5. The van der Waals surface area contributed by atoms with Crippen LogP contribution in [0.4, 0.5) is 11.4 Å². The van der Waals surface area contributed by atoms with Gasteiger partial charge in [-0.3, -0.25) is 15.1 Å². The lowest BCUT2D eigenvalue weighted by atomic mass is 10.2. The zero-order valence-electron chi connectivity index (χ0n) is 14.2. The minimum Gasteiger partial charge on any atom is -0.502 e. The molecule has 27 heavy (non-hydrogen) atoms. The second-order valence-corrected chi connectivity index (χ2v) is 6.18. The molecule has 0 radical (unpaired) electrons. The fourth-order valence-corrected chi connectivity index (χ4v) is 2.75. The quantitative estimate of drug-likeness (QED) is 0.370. The number of benzene rings is 3. The van der Waals surface area contributed by atoms with Crippen LogP contribution in [0, 0.1) is 10.1 Å². The number of para-hydroxylation sites is 1. The number of nitro benzene ring substituents is 1. The Labute approximate surface area is 161 Å². The van der Waals surface area contributed by atoms with E-state index in [0.29, 0.717) is 6.54 Å². The van der Waals surface area contributed by atoms with Gasteiger partial charge in [0.15, 0.2) is 0 Å². The van der Waals surface area contributed by atoms with Crippen molar-refractivity contribution in [3.63, 3.8) is 0 Å². The molecule has 0 spiro atoms. The van der Waals surface area contributed by atoms with Gasteiger partial charge in [0, 0.05) is 16.7 Å². The normalized spacial score (nSPS) is 10.9. The molecule has 3 rings (SSSR count). The van der Waals surface area contributed by atoms with E-state index in [1.165, 1.54) is 12.3 Å². The van der Waals surface area contributed by atoms with E-state index >= 15 is 0 Å². The molecule has 0 aliphatic carbocycles. The molecule has 1 N–H and O–H groups in total. The summed E-state index contributed by atoms with van der Waals surface area (Å²) in [5.74, 6) is -0.471. The highest BCUT2D eigenvalue weighted by atomic mass is 35.5. The van der Waals surface area contributed by atoms with E-state index < -0.39 is 16.4 Å². The third-order valence-electron chi connectivity index (χ3n) is 3.85. The van der Waals surface area contributed by atoms with E-state index in [1.807, 2.05) is 60.7 Å². The lowest BCUT2D eigenvalue weighted by Crippen LogP contribution is -2.16. The van der Waals surface area contributed by atoms with Crippen LogP contribution in [0.2, 0.25) is 5.02 Å². The minimum absolute atomic E-state index is 0.148. The molecule has 7 heteroatoms. The Bertz CT molecular complexity index is 963. The molecule has 0 saturated heterocycles. The smallest absolute Gasteiger partial charge is 0.312 e. The Hall–Kier alpha value is -3.38. The topological polar surface area (TPSA) is 79.0 Å². The number of hydrazone groups is 1. The molecule has 3 aromatic rings. The summed E-state index contributed by atoms with van der Waals surface area (Å²) in [5.41, 5.74) is 1.59. The van der Waals surface area contributed by atoms with Crippen LogP contribution in [0.5, 0.6) is 5.75 Å². The number of hydrogen-bond acceptors (Lipinski definition) is 5. The second-order valence-electron chi connectivity index (χ2n) is 5.74. The van der Waals surface area contributed by atoms with Crippen molar-refractivity contribution in [2.24, 2.45) is 5.10 Å². The molecule has 0 saturated carbocycles. The highest BCUT2D eigenvalue weighted by Crippen LogP contribution is 2.32. The molecule has 0 aliphatic rings.